The van der Waals surface area contributed by atoms with Crippen LogP contribution in [0, 0.1) is 0 Å². The molecule has 2 heterocycles. The van der Waals surface area contributed by atoms with Crippen LogP contribution in [0.2, 0.25) is 0 Å². The van der Waals surface area contributed by atoms with Gasteiger partial charge in [-0.1, -0.05) is 0 Å². The fourth-order valence-corrected chi connectivity index (χ4v) is 2.31. The van der Waals surface area contributed by atoms with Crippen LogP contribution in [0.15, 0.2) is 23.1 Å². The van der Waals surface area contributed by atoms with Crippen LogP contribution in [-0.4, -0.2) is 26.2 Å². The highest BCUT2D eigenvalue weighted by molar-refractivity contribution is 9.10. The van der Waals surface area contributed by atoms with Crippen LogP contribution in [-0.2, 0) is 12.8 Å². The van der Waals surface area contributed by atoms with Crippen molar-refractivity contribution in [2.24, 2.45) is 0 Å². The Kier molecular flexibility index (Phi) is 2.80. The minimum Gasteiger partial charge on any atom is -0.351 e. The van der Waals surface area contributed by atoms with E-state index in [2.05, 4.69) is 41.4 Å². The molecule has 0 saturated heterocycles. The Morgan fingerprint density at radius 3 is 2.94 bits per heavy atom. The summed E-state index contributed by atoms with van der Waals surface area (Å²) < 4.78 is 0.892. The third-order valence-electron chi connectivity index (χ3n) is 2.97. The summed E-state index contributed by atoms with van der Waals surface area (Å²) in [5.74, 6) is 0.685. The predicted octanol–water partition coefficient (Wildman–Crippen LogP) is 1.93. The molecule has 1 atom stereocenters. The smallest absolute Gasteiger partial charge is 0.222 e. The molecule has 0 fully saturated rings. The maximum absolute atomic E-state index is 4.22. The van der Waals surface area contributed by atoms with E-state index in [-0.39, 0.29) is 0 Å². The maximum atomic E-state index is 4.22. The van der Waals surface area contributed by atoms with E-state index in [1.165, 1.54) is 11.3 Å². The van der Waals surface area contributed by atoms with E-state index >= 15 is 0 Å². The van der Waals surface area contributed by atoms with Crippen molar-refractivity contribution in [1.29, 1.82) is 0 Å². The lowest BCUT2D eigenvalue weighted by molar-refractivity contribution is 0.600. The topological polar surface area (TPSA) is 66.5 Å². The molecule has 0 spiro atoms. The van der Waals surface area contributed by atoms with E-state index in [1.807, 2.05) is 6.20 Å². The molecule has 1 unspecified atom stereocenters. The summed E-state index contributed by atoms with van der Waals surface area (Å²) in [6, 6.07) is 0.390. The van der Waals surface area contributed by atoms with Gasteiger partial charge in [-0.3, -0.25) is 5.10 Å². The van der Waals surface area contributed by atoms with Gasteiger partial charge in [0.2, 0.25) is 5.95 Å². The fraction of sp³-hybridized carbons (Fsp3) is 0.364. The Hall–Kier alpha value is -1.43. The van der Waals surface area contributed by atoms with Gasteiger partial charge in [0.05, 0.1) is 10.7 Å². The van der Waals surface area contributed by atoms with Gasteiger partial charge in [0.25, 0.3) is 0 Å². The number of H-pyrrole nitrogens is 1. The number of nitrogens with one attached hydrogen (secondary N) is 2. The van der Waals surface area contributed by atoms with E-state index in [9.17, 15) is 0 Å². The molecular formula is C11H12BrN5. The molecule has 2 N–H and O–H groups in total. The highest BCUT2D eigenvalue weighted by Gasteiger charge is 2.20. The summed E-state index contributed by atoms with van der Waals surface area (Å²) in [6.45, 7) is 0. The molecule has 3 rings (SSSR count). The van der Waals surface area contributed by atoms with E-state index < -0.39 is 0 Å². The zero-order valence-electron chi connectivity index (χ0n) is 9.15. The lowest BCUT2D eigenvalue weighted by Crippen LogP contribution is -2.27. The number of fused-ring (bicyclic) bond motifs is 1. The largest absolute Gasteiger partial charge is 0.351 e. The number of hydrogen-bond acceptors (Lipinski definition) is 4. The molecule has 17 heavy (non-hydrogen) atoms. The van der Waals surface area contributed by atoms with Gasteiger partial charge >= 0.3 is 0 Å². The Morgan fingerprint density at radius 2 is 2.12 bits per heavy atom. The Balaban J connectivity index is 1.69. The zero-order valence-corrected chi connectivity index (χ0v) is 10.7. The first-order chi connectivity index (χ1) is 8.31. The van der Waals surface area contributed by atoms with Crippen molar-refractivity contribution in [2.45, 2.75) is 25.3 Å². The van der Waals surface area contributed by atoms with E-state index in [0.29, 0.717) is 12.0 Å². The molecule has 0 aliphatic heterocycles. The molecule has 88 valence electrons. The lowest BCUT2D eigenvalue weighted by atomic mass is 9.94. The minimum absolute atomic E-state index is 0.390. The third-order valence-corrected chi connectivity index (χ3v) is 3.38. The van der Waals surface area contributed by atoms with Crippen molar-refractivity contribution in [3.8, 4) is 0 Å². The molecule has 2 aromatic rings. The average Bonchev–Trinajstić information content (AvgIpc) is 2.79. The molecule has 2 aromatic heterocycles. The zero-order chi connectivity index (χ0) is 11.7. The number of nitrogens with zero attached hydrogens (tertiary/aromatic N) is 3. The first kappa shape index (κ1) is 10.7. The van der Waals surface area contributed by atoms with E-state index in [4.69, 9.17) is 0 Å². The van der Waals surface area contributed by atoms with Crippen LogP contribution >= 0.6 is 15.9 Å². The molecule has 5 nitrogen and oxygen atoms in total. The number of aryl methyl sites for hydroxylation is 1. The second-order valence-corrected chi connectivity index (χ2v) is 5.10. The molecule has 0 aromatic carbocycles. The van der Waals surface area contributed by atoms with Crippen molar-refractivity contribution in [3.05, 3.63) is 34.3 Å². The predicted molar refractivity (Wildman–Crippen MR) is 67.8 cm³/mol. The maximum Gasteiger partial charge on any atom is 0.222 e. The summed E-state index contributed by atoms with van der Waals surface area (Å²) in [5.41, 5.74) is 2.56. The SMILES string of the molecule is Brc1cnc(NC2CCc3[nH]ncc3C2)nc1. The standard InChI is InChI=1S/C11H12BrN5/c12-8-5-13-11(14-6-8)16-9-1-2-10-7(3-9)4-15-17-10/h4-6,9H,1-3H2,(H,15,17)(H,13,14,16). The summed E-state index contributed by atoms with van der Waals surface area (Å²) in [6.07, 6.45) is 8.50. The molecule has 0 bridgehead atoms. The number of halogens is 1. The van der Waals surface area contributed by atoms with Crippen LogP contribution < -0.4 is 5.32 Å². The van der Waals surface area contributed by atoms with Crippen LogP contribution in [0.25, 0.3) is 0 Å². The number of hydrogen-bond donors (Lipinski definition) is 2. The summed E-state index contributed by atoms with van der Waals surface area (Å²) >= 11 is 3.32. The monoisotopic (exact) mass is 293 g/mol. The summed E-state index contributed by atoms with van der Waals surface area (Å²) in [7, 11) is 0. The molecule has 1 aliphatic rings. The van der Waals surface area contributed by atoms with Crippen LogP contribution in [0.3, 0.4) is 0 Å². The van der Waals surface area contributed by atoms with Gasteiger partial charge in [-0.05, 0) is 40.8 Å². The number of rotatable bonds is 2. The first-order valence-corrected chi connectivity index (χ1v) is 6.36. The molecule has 0 amide bonds. The third kappa shape index (κ3) is 2.31. The van der Waals surface area contributed by atoms with Gasteiger partial charge in [0.15, 0.2) is 0 Å². The second-order valence-electron chi connectivity index (χ2n) is 4.18. The van der Waals surface area contributed by atoms with Gasteiger partial charge in [-0.25, -0.2) is 9.97 Å². The first-order valence-electron chi connectivity index (χ1n) is 5.56. The van der Waals surface area contributed by atoms with Crippen molar-refractivity contribution >= 4 is 21.9 Å². The molecule has 0 radical (unpaired) electrons. The Morgan fingerprint density at radius 1 is 1.29 bits per heavy atom. The van der Waals surface area contributed by atoms with Crippen molar-refractivity contribution in [2.75, 3.05) is 5.32 Å². The Labute approximate surface area is 107 Å². The van der Waals surface area contributed by atoms with Crippen molar-refractivity contribution in [1.82, 2.24) is 20.2 Å². The van der Waals surface area contributed by atoms with Crippen molar-refractivity contribution < 1.29 is 0 Å². The molecule has 6 heteroatoms. The van der Waals surface area contributed by atoms with Gasteiger partial charge in [0, 0.05) is 24.1 Å². The number of aromatic nitrogens is 4. The van der Waals surface area contributed by atoms with Crippen LogP contribution in [0.4, 0.5) is 5.95 Å². The fourth-order valence-electron chi connectivity index (χ4n) is 2.11. The number of aromatic amines is 1. The van der Waals surface area contributed by atoms with Gasteiger partial charge in [-0.15, -0.1) is 0 Å². The van der Waals surface area contributed by atoms with Gasteiger partial charge in [0.1, 0.15) is 0 Å². The Bertz CT molecular complexity index is 507. The number of anilines is 1. The quantitative estimate of drug-likeness (QED) is 0.888. The lowest BCUT2D eigenvalue weighted by Gasteiger charge is -2.22. The van der Waals surface area contributed by atoms with Gasteiger partial charge in [-0.2, -0.15) is 5.10 Å². The normalized spacial score (nSPS) is 18.8. The van der Waals surface area contributed by atoms with Crippen LogP contribution in [0.1, 0.15) is 17.7 Å². The van der Waals surface area contributed by atoms with Crippen LogP contribution in [0.5, 0.6) is 0 Å². The molecule has 1 aliphatic carbocycles. The van der Waals surface area contributed by atoms with Crippen molar-refractivity contribution in [3.63, 3.8) is 0 Å². The average molecular weight is 294 g/mol. The highest BCUT2D eigenvalue weighted by Crippen LogP contribution is 2.20. The molecule has 0 saturated carbocycles. The highest BCUT2D eigenvalue weighted by atomic mass is 79.9. The minimum atomic E-state index is 0.390. The summed E-state index contributed by atoms with van der Waals surface area (Å²) in [4.78, 5) is 8.45. The second kappa shape index (κ2) is 4.44. The summed E-state index contributed by atoms with van der Waals surface area (Å²) in [5, 5.41) is 10.5. The van der Waals surface area contributed by atoms with E-state index in [0.717, 1.165) is 23.7 Å². The molecular weight excluding hydrogens is 282 g/mol. The van der Waals surface area contributed by atoms with E-state index in [1.54, 1.807) is 12.4 Å². The van der Waals surface area contributed by atoms with Gasteiger partial charge < -0.3 is 5.32 Å².